The monoisotopic (exact) mass is 286 g/mol. The van der Waals surface area contributed by atoms with Crippen molar-refractivity contribution in [1.29, 1.82) is 0 Å². The molecule has 1 aliphatic rings. The number of fused-ring (bicyclic) bond motifs is 1. The number of carbonyl (C=O) groups is 1. The maximum atomic E-state index is 12.9. The number of H-pyrrole nitrogens is 1. The fraction of sp³-hybridized carbons (Fsp3) is 0.375. The molecular weight excluding hydrogens is 268 g/mol. The molecule has 1 N–H and O–H groups in total. The number of hydrogen-bond acceptors (Lipinski definition) is 3. The lowest BCUT2D eigenvalue weighted by Crippen LogP contribution is -2.55. The van der Waals surface area contributed by atoms with Gasteiger partial charge >= 0.3 is 0 Å². The van der Waals surface area contributed by atoms with E-state index in [1.54, 1.807) is 12.1 Å². The second-order valence-electron chi connectivity index (χ2n) is 5.90. The molecule has 0 aliphatic carbocycles. The van der Waals surface area contributed by atoms with Gasteiger partial charge in [-0.3, -0.25) is 9.59 Å². The van der Waals surface area contributed by atoms with Crippen LogP contribution in [-0.2, 0) is 4.74 Å². The summed E-state index contributed by atoms with van der Waals surface area (Å²) in [5.74, 6) is -0.0734. The predicted octanol–water partition coefficient (Wildman–Crippen LogP) is 1.78. The van der Waals surface area contributed by atoms with Gasteiger partial charge in [0, 0.05) is 23.5 Å². The van der Waals surface area contributed by atoms with E-state index < -0.39 is 0 Å². The zero-order chi connectivity index (χ0) is 15.0. The van der Waals surface area contributed by atoms with E-state index >= 15 is 0 Å². The Hall–Kier alpha value is -2.14. The fourth-order valence-corrected chi connectivity index (χ4v) is 2.77. The molecule has 0 radical (unpaired) electrons. The molecule has 0 bridgehead atoms. The third kappa shape index (κ3) is 2.34. The third-order valence-electron chi connectivity index (χ3n) is 3.93. The van der Waals surface area contributed by atoms with Gasteiger partial charge in [0.25, 0.3) is 11.5 Å². The molecule has 110 valence electrons. The van der Waals surface area contributed by atoms with Crippen molar-refractivity contribution in [3.05, 3.63) is 46.4 Å². The number of ether oxygens (including phenoxy) is 1. The number of benzene rings is 1. The van der Waals surface area contributed by atoms with Gasteiger partial charge in [-0.2, -0.15) is 0 Å². The van der Waals surface area contributed by atoms with Crippen molar-refractivity contribution in [2.45, 2.75) is 19.4 Å². The van der Waals surface area contributed by atoms with Crippen molar-refractivity contribution < 1.29 is 9.53 Å². The molecule has 2 heterocycles. The molecule has 0 unspecified atom stereocenters. The number of hydrogen-bond donors (Lipinski definition) is 1. The molecule has 1 aromatic carbocycles. The maximum absolute atomic E-state index is 12.9. The summed E-state index contributed by atoms with van der Waals surface area (Å²) in [6.45, 7) is 5.58. The van der Waals surface area contributed by atoms with E-state index in [0.717, 1.165) is 0 Å². The highest BCUT2D eigenvalue weighted by Crippen LogP contribution is 2.24. The number of amides is 1. The maximum Gasteiger partial charge on any atom is 0.256 e. The van der Waals surface area contributed by atoms with Crippen molar-refractivity contribution in [3.63, 3.8) is 0 Å². The Morgan fingerprint density at radius 2 is 2.00 bits per heavy atom. The number of nitrogens with zero attached hydrogens (tertiary/aromatic N) is 1. The van der Waals surface area contributed by atoms with E-state index in [0.29, 0.717) is 36.1 Å². The lowest BCUT2D eigenvalue weighted by Gasteiger charge is -2.42. The summed E-state index contributed by atoms with van der Waals surface area (Å²) < 4.78 is 5.46. The zero-order valence-corrected chi connectivity index (χ0v) is 12.2. The van der Waals surface area contributed by atoms with Crippen LogP contribution in [0.1, 0.15) is 24.2 Å². The fourth-order valence-electron chi connectivity index (χ4n) is 2.77. The summed E-state index contributed by atoms with van der Waals surface area (Å²) in [6, 6.07) is 7.17. The highest BCUT2D eigenvalue weighted by atomic mass is 16.5. The van der Waals surface area contributed by atoms with Crippen LogP contribution in [0.5, 0.6) is 0 Å². The zero-order valence-electron chi connectivity index (χ0n) is 12.2. The molecule has 0 saturated carbocycles. The third-order valence-corrected chi connectivity index (χ3v) is 3.93. The molecule has 0 atom stereocenters. The quantitative estimate of drug-likeness (QED) is 0.869. The van der Waals surface area contributed by atoms with Crippen LogP contribution in [0.3, 0.4) is 0 Å². The lowest BCUT2D eigenvalue weighted by molar-refractivity contribution is -0.0369. The molecule has 1 aliphatic heterocycles. The average Bonchev–Trinajstić information content (AvgIpc) is 2.47. The van der Waals surface area contributed by atoms with Crippen molar-refractivity contribution >= 4 is 16.7 Å². The molecule has 0 spiro atoms. The van der Waals surface area contributed by atoms with E-state index in [-0.39, 0.29) is 17.0 Å². The molecule has 3 rings (SSSR count). The summed E-state index contributed by atoms with van der Waals surface area (Å²) in [5, 5.41) is 1.22. The Morgan fingerprint density at radius 3 is 2.71 bits per heavy atom. The van der Waals surface area contributed by atoms with Gasteiger partial charge in [-0.05, 0) is 19.9 Å². The van der Waals surface area contributed by atoms with E-state index in [1.807, 2.05) is 30.9 Å². The summed E-state index contributed by atoms with van der Waals surface area (Å²) in [4.78, 5) is 29.2. The van der Waals surface area contributed by atoms with Crippen LogP contribution in [0, 0.1) is 0 Å². The van der Waals surface area contributed by atoms with Crippen LogP contribution in [-0.4, -0.2) is 41.1 Å². The van der Waals surface area contributed by atoms with Gasteiger partial charge < -0.3 is 14.6 Å². The van der Waals surface area contributed by atoms with Gasteiger partial charge in [0.1, 0.15) is 0 Å². The predicted molar refractivity (Wildman–Crippen MR) is 80.5 cm³/mol. The number of carbonyl (C=O) groups excluding carboxylic acids is 1. The van der Waals surface area contributed by atoms with Gasteiger partial charge in [0.05, 0.1) is 24.3 Å². The molecule has 21 heavy (non-hydrogen) atoms. The van der Waals surface area contributed by atoms with E-state index in [9.17, 15) is 9.59 Å². The number of rotatable bonds is 1. The second-order valence-corrected chi connectivity index (χ2v) is 5.90. The summed E-state index contributed by atoms with van der Waals surface area (Å²) in [6.07, 6.45) is 1.51. The summed E-state index contributed by atoms with van der Waals surface area (Å²) in [5.41, 5.74) is -0.00407. The molecule has 5 nitrogen and oxygen atoms in total. The second kappa shape index (κ2) is 5.00. The molecule has 1 fully saturated rings. The molecule has 5 heteroatoms. The Bertz CT molecular complexity index is 749. The van der Waals surface area contributed by atoms with Crippen LogP contribution >= 0.6 is 0 Å². The topological polar surface area (TPSA) is 62.4 Å². The van der Waals surface area contributed by atoms with E-state index in [4.69, 9.17) is 4.74 Å². The van der Waals surface area contributed by atoms with Crippen LogP contribution in [0.15, 0.2) is 35.3 Å². The molecule has 1 aromatic heterocycles. The molecule has 2 aromatic rings. The normalized spacial score (nSPS) is 17.9. The van der Waals surface area contributed by atoms with Crippen LogP contribution in [0.25, 0.3) is 10.8 Å². The summed E-state index contributed by atoms with van der Waals surface area (Å²) >= 11 is 0. The van der Waals surface area contributed by atoms with Gasteiger partial charge in [-0.1, -0.05) is 18.2 Å². The first-order valence-corrected chi connectivity index (χ1v) is 7.01. The van der Waals surface area contributed by atoms with E-state index in [1.165, 1.54) is 6.20 Å². The Kier molecular flexibility index (Phi) is 3.29. The average molecular weight is 286 g/mol. The minimum Gasteiger partial charge on any atom is -0.377 e. The van der Waals surface area contributed by atoms with Crippen LogP contribution < -0.4 is 5.56 Å². The first kappa shape index (κ1) is 13.8. The SMILES string of the molecule is CC1(C)COCCN1C(=O)c1c[nH]c(=O)c2ccccc12. The number of nitrogens with one attached hydrogen (secondary N) is 1. The number of morpholine rings is 1. The number of aromatic amines is 1. The first-order valence-electron chi connectivity index (χ1n) is 7.01. The van der Waals surface area contributed by atoms with Crippen molar-refractivity contribution in [2.24, 2.45) is 0 Å². The van der Waals surface area contributed by atoms with Crippen molar-refractivity contribution in [2.75, 3.05) is 19.8 Å². The van der Waals surface area contributed by atoms with Gasteiger partial charge in [0.15, 0.2) is 0 Å². The molecule has 1 saturated heterocycles. The van der Waals surface area contributed by atoms with E-state index in [2.05, 4.69) is 4.98 Å². The van der Waals surface area contributed by atoms with Crippen LogP contribution in [0.4, 0.5) is 0 Å². The standard InChI is InChI=1S/C16H18N2O3/c1-16(2)10-21-8-7-18(16)15(20)13-9-17-14(19)12-6-4-3-5-11(12)13/h3-6,9H,7-8,10H2,1-2H3,(H,17,19). The molecular formula is C16H18N2O3. The van der Waals surface area contributed by atoms with Gasteiger partial charge in [0.2, 0.25) is 0 Å². The minimum absolute atomic E-state index is 0.0734. The Balaban J connectivity index is 2.10. The molecule has 1 amide bonds. The summed E-state index contributed by atoms with van der Waals surface area (Å²) in [7, 11) is 0. The van der Waals surface area contributed by atoms with Gasteiger partial charge in [-0.15, -0.1) is 0 Å². The highest BCUT2D eigenvalue weighted by Gasteiger charge is 2.35. The number of pyridine rings is 1. The Morgan fingerprint density at radius 1 is 1.29 bits per heavy atom. The lowest BCUT2D eigenvalue weighted by atomic mass is 9.99. The largest absolute Gasteiger partial charge is 0.377 e. The minimum atomic E-state index is -0.355. The smallest absolute Gasteiger partial charge is 0.256 e. The van der Waals surface area contributed by atoms with Gasteiger partial charge in [-0.25, -0.2) is 0 Å². The highest BCUT2D eigenvalue weighted by molar-refractivity contribution is 6.06. The van der Waals surface area contributed by atoms with Crippen molar-refractivity contribution in [3.8, 4) is 0 Å². The van der Waals surface area contributed by atoms with Crippen molar-refractivity contribution in [1.82, 2.24) is 9.88 Å². The Labute approximate surface area is 122 Å². The number of aromatic nitrogens is 1. The van der Waals surface area contributed by atoms with Crippen LogP contribution in [0.2, 0.25) is 0 Å². The first-order chi connectivity index (χ1) is 10.0.